The molecule has 0 aromatic heterocycles. The Hall–Kier alpha value is -2.62. The zero-order valence-corrected chi connectivity index (χ0v) is 19.1. The Morgan fingerprint density at radius 1 is 1.13 bits per heavy atom. The van der Waals surface area contributed by atoms with Crippen molar-refractivity contribution in [1.29, 1.82) is 0 Å². The average molecular weight is 513 g/mol. The van der Waals surface area contributed by atoms with Crippen LogP contribution in [-0.2, 0) is 9.59 Å². The lowest BCUT2D eigenvalue weighted by Gasteiger charge is -2.11. The van der Waals surface area contributed by atoms with Gasteiger partial charge in [-0.3, -0.25) is 25.8 Å². The fraction of sp³-hybridized carbons (Fsp3) is 0.150. The summed E-state index contributed by atoms with van der Waals surface area (Å²) in [6.45, 7) is 2.20. The van der Waals surface area contributed by atoms with Gasteiger partial charge in [0.05, 0.1) is 11.6 Å². The molecule has 10 heteroatoms. The number of benzene rings is 2. The third-order valence-corrected chi connectivity index (χ3v) is 4.42. The first kappa shape index (κ1) is 23.7. The van der Waals surface area contributed by atoms with Crippen LogP contribution in [0.2, 0.25) is 5.02 Å². The largest absolute Gasteiger partial charge is 0.494 e. The molecule has 30 heavy (non-hydrogen) atoms. The number of nitrogens with one attached hydrogen (secondary N) is 3. The van der Waals surface area contributed by atoms with Crippen molar-refractivity contribution in [3.05, 3.63) is 63.6 Å². The van der Waals surface area contributed by atoms with E-state index in [1.807, 2.05) is 31.2 Å². The van der Waals surface area contributed by atoms with Gasteiger partial charge in [-0.25, -0.2) is 0 Å². The number of carbonyl (C=O) groups excluding carboxylic acids is 2. The smallest absolute Gasteiger partial charge is 0.276 e. The molecule has 0 fully saturated rings. The lowest BCUT2D eigenvalue weighted by atomic mass is 10.2. The van der Waals surface area contributed by atoms with Crippen molar-refractivity contribution < 1.29 is 19.1 Å². The maximum atomic E-state index is 11.9. The molecule has 0 saturated heterocycles. The monoisotopic (exact) mass is 511 g/mol. The van der Waals surface area contributed by atoms with E-state index in [1.54, 1.807) is 24.3 Å². The Balaban J connectivity index is 1.71. The third-order valence-electron chi connectivity index (χ3n) is 3.42. The Morgan fingerprint density at radius 3 is 2.53 bits per heavy atom. The maximum absolute atomic E-state index is 11.9. The van der Waals surface area contributed by atoms with Crippen LogP contribution >= 0.6 is 39.7 Å². The van der Waals surface area contributed by atoms with Crippen LogP contribution < -0.4 is 25.6 Å². The molecule has 0 unspecified atom stereocenters. The van der Waals surface area contributed by atoms with Gasteiger partial charge in [0.1, 0.15) is 11.5 Å². The molecule has 0 bridgehead atoms. The molecule has 0 saturated carbocycles. The molecule has 2 amide bonds. The van der Waals surface area contributed by atoms with Gasteiger partial charge in [0, 0.05) is 10.5 Å². The van der Waals surface area contributed by atoms with Gasteiger partial charge in [-0.1, -0.05) is 39.7 Å². The zero-order chi connectivity index (χ0) is 21.9. The van der Waals surface area contributed by atoms with E-state index in [0.29, 0.717) is 17.4 Å². The molecule has 2 rings (SSSR count). The predicted octanol–water partition coefficient (Wildman–Crippen LogP) is 3.62. The molecule has 0 aliphatic rings. The molecule has 0 aliphatic heterocycles. The molecule has 0 radical (unpaired) electrons. The summed E-state index contributed by atoms with van der Waals surface area (Å²) in [7, 11) is 0. The summed E-state index contributed by atoms with van der Waals surface area (Å²) in [5.74, 6) is 0.168. The van der Waals surface area contributed by atoms with Crippen LogP contribution in [-0.4, -0.2) is 30.1 Å². The number of hydrogen-bond donors (Lipinski definition) is 3. The molecule has 3 N–H and O–H groups in total. The van der Waals surface area contributed by atoms with Crippen molar-refractivity contribution in [2.75, 3.05) is 13.2 Å². The van der Waals surface area contributed by atoms with E-state index in [-0.39, 0.29) is 11.7 Å². The topological polar surface area (TPSA) is 88.7 Å². The van der Waals surface area contributed by atoms with Crippen molar-refractivity contribution >= 4 is 62.8 Å². The van der Waals surface area contributed by atoms with Gasteiger partial charge in [-0.2, -0.15) is 0 Å². The minimum absolute atomic E-state index is 0.0635. The van der Waals surface area contributed by atoms with Crippen LogP contribution in [0.5, 0.6) is 11.5 Å². The predicted molar refractivity (Wildman–Crippen MR) is 123 cm³/mol. The standard InChI is InChI=1S/C20H19BrClN3O4S/c1-2-28-15-7-3-13(4-8-15)5-10-18(26)23-20(30)25-24-19(27)12-29-17-9-6-14(21)11-16(17)22/h3-11H,2,12H2,1H3,(H,24,27)(H2,23,25,26,30)/b10-5+. The summed E-state index contributed by atoms with van der Waals surface area (Å²) in [5.41, 5.74) is 5.57. The van der Waals surface area contributed by atoms with Crippen molar-refractivity contribution in [3.63, 3.8) is 0 Å². The van der Waals surface area contributed by atoms with Crippen molar-refractivity contribution in [3.8, 4) is 11.5 Å². The van der Waals surface area contributed by atoms with E-state index < -0.39 is 11.8 Å². The molecule has 158 valence electrons. The lowest BCUT2D eigenvalue weighted by molar-refractivity contribution is -0.123. The SMILES string of the molecule is CCOc1ccc(/C=C/C(=O)NC(=S)NNC(=O)COc2ccc(Br)cc2Cl)cc1. The summed E-state index contributed by atoms with van der Waals surface area (Å²) < 4.78 is 11.5. The Bertz CT molecular complexity index is 938. The molecule has 0 atom stereocenters. The van der Waals surface area contributed by atoms with Crippen LogP contribution in [0.25, 0.3) is 6.08 Å². The van der Waals surface area contributed by atoms with Crippen molar-refractivity contribution in [2.24, 2.45) is 0 Å². The second-order valence-electron chi connectivity index (χ2n) is 5.69. The number of ether oxygens (including phenoxy) is 2. The van der Waals surface area contributed by atoms with Crippen molar-refractivity contribution in [1.82, 2.24) is 16.2 Å². The Labute approximate surface area is 192 Å². The second kappa shape index (κ2) is 12.2. The van der Waals surface area contributed by atoms with Gasteiger partial charge >= 0.3 is 0 Å². The number of thiocarbonyl (C=S) groups is 1. The summed E-state index contributed by atoms with van der Waals surface area (Å²) in [4.78, 5) is 23.7. The van der Waals surface area contributed by atoms with Crippen molar-refractivity contribution in [2.45, 2.75) is 6.92 Å². The summed E-state index contributed by atoms with van der Waals surface area (Å²) in [6.07, 6.45) is 2.95. The molecule has 0 heterocycles. The van der Waals surface area contributed by atoms with E-state index in [2.05, 4.69) is 32.1 Å². The average Bonchev–Trinajstić information content (AvgIpc) is 2.71. The highest BCUT2D eigenvalue weighted by Crippen LogP contribution is 2.27. The second-order valence-corrected chi connectivity index (χ2v) is 7.42. The number of carbonyl (C=O) groups is 2. The summed E-state index contributed by atoms with van der Waals surface area (Å²) in [5, 5.41) is 2.72. The maximum Gasteiger partial charge on any atom is 0.276 e. The third kappa shape index (κ3) is 8.40. The van der Waals surface area contributed by atoms with E-state index >= 15 is 0 Å². The Morgan fingerprint density at radius 2 is 1.87 bits per heavy atom. The van der Waals surface area contributed by atoms with Gasteiger partial charge in [-0.15, -0.1) is 0 Å². The van der Waals surface area contributed by atoms with E-state index in [9.17, 15) is 9.59 Å². The summed E-state index contributed by atoms with van der Waals surface area (Å²) in [6, 6.07) is 12.3. The first-order valence-corrected chi connectivity index (χ1v) is 10.3. The van der Waals surface area contributed by atoms with E-state index in [4.69, 9.17) is 33.3 Å². The minimum Gasteiger partial charge on any atom is -0.494 e. The zero-order valence-electron chi connectivity index (χ0n) is 15.9. The number of hydrogen-bond acceptors (Lipinski definition) is 5. The number of amides is 2. The number of rotatable bonds is 7. The van der Waals surface area contributed by atoms with E-state index in [0.717, 1.165) is 15.8 Å². The number of hydrazine groups is 1. The highest BCUT2D eigenvalue weighted by Gasteiger charge is 2.07. The van der Waals surface area contributed by atoms with Crippen LogP contribution in [0, 0.1) is 0 Å². The molecular formula is C20H19BrClN3O4S. The van der Waals surface area contributed by atoms with Gasteiger partial charge in [0.15, 0.2) is 11.7 Å². The van der Waals surface area contributed by atoms with Gasteiger partial charge in [-0.05, 0) is 61.1 Å². The van der Waals surface area contributed by atoms with Gasteiger partial charge < -0.3 is 9.47 Å². The summed E-state index contributed by atoms with van der Waals surface area (Å²) >= 11 is 14.3. The van der Waals surface area contributed by atoms with Crippen LogP contribution in [0.3, 0.4) is 0 Å². The normalized spacial score (nSPS) is 10.4. The highest BCUT2D eigenvalue weighted by atomic mass is 79.9. The molecule has 7 nitrogen and oxygen atoms in total. The molecule has 2 aromatic rings. The first-order chi connectivity index (χ1) is 14.4. The Kier molecular flexibility index (Phi) is 9.59. The molecule has 0 aliphatic carbocycles. The molecule has 2 aromatic carbocycles. The van der Waals surface area contributed by atoms with Crippen LogP contribution in [0.1, 0.15) is 12.5 Å². The molecule has 0 spiro atoms. The quantitative estimate of drug-likeness (QED) is 0.298. The van der Waals surface area contributed by atoms with E-state index in [1.165, 1.54) is 6.08 Å². The molecular weight excluding hydrogens is 494 g/mol. The first-order valence-electron chi connectivity index (χ1n) is 8.76. The number of halogens is 2. The van der Waals surface area contributed by atoms with Crippen LogP contribution in [0.4, 0.5) is 0 Å². The minimum atomic E-state index is -0.504. The highest BCUT2D eigenvalue weighted by molar-refractivity contribution is 9.10. The van der Waals surface area contributed by atoms with Gasteiger partial charge in [0.2, 0.25) is 5.91 Å². The lowest BCUT2D eigenvalue weighted by Crippen LogP contribution is -2.49. The fourth-order valence-electron chi connectivity index (χ4n) is 2.10. The van der Waals surface area contributed by atoms with Gasteiger partial charge in [0.25, 0.3) is 5.91 Å². The van der Waals surface area contributed by atoms with Crippen LogP contribution in [0.15, 0.2) is 53.0 Å². The fourth-order valence-corrected chi connectivity index (χ4v) is 2.98.